The number of hydrogen-bond acceptors (Lipinski definition) is 9. The fourth-order valence-electron chi connectivity index (χ4n) is 5.06. The number of benzene rings is 3. The standard InChI is InChI=1S/C34H40N5O6P/c1-6-42-22-28-37-30-31(26-19-13-14-20-27(26)36-32(30)35)39(28)21-23(2)44-46(41,45-25-17-11-8-12-18-25)38-29(24-15-9-7-10-16-24)33(40)43-34(3,4)5/h7-20,23,29H,6,21-22H2,1-5H3,(H2,35,36)(H,38,41)/t23-,29+,46?/m1/s1. The number of aromatic nitrogens is 3. The number of anilines is 1. The van der Waals surface area contributed by atoms with Crippen molar-refractivity contribution >= 4 is 41.5 Å². The van der Waals surface area contributed by atoms with Crippen LogP contribution in [0.15, 0.2) is 84.9 Å². The SMILES string of the molecule is CCOCc1nc2c(N)nc3ccccc3c2n1C[C@@H](C)OP(=O)(N[C@H](C(=O)OC(C)(C)C)c1ccccc1)Oc1ccccc1. The molecule has 0 spiro atoms. The van der Waals surface area contributed by atoms with Gasteiger partial charge in [-0.15, -0.1) is 0 Å². The van der Waals surface area contributed by atoms with E-state index < -0.39 is 31.5 Å². The summed E-state index contributed by atoms with van der Waals surface area (Å²) in [7, 11) is -4.26. The van der Waals surface area contributed by atoms with Gasteiger partial charge < -0.3 is 24.3 Å². The van der Waals surface area contributed by atoms with E-state index >= 15 is 0 Å². The zero-order valence-corrected chi connectivity index (χ0v) is 27.6. The summed E-state index contributed by atoms with van der Waals surface area (Å²) in [6.07, 6.45) is -0.719. The highest BCUT2D eigenvalue weighted by Crippen LogP contribution is 2.48. The molecule has 3 N–H and O–H groups in total. The van der Waals surface area contributed by atoms with Gasteiger partial charge in [0.15, 0.2) is 5.82 Å². The number of imidazole rings is 1. The number of fused-ring (bicyclic) bond motifs is 3. The van der Waals surface area contributed by atoms with Crippen LogP contribution in [0, 0.1) is 0 Å². The average Bonchev–Trinajstić information content (AvgIpc) is 3.37. The summed E-state index contributed by atoms with van der Waals surface area (Å²) in [5, 5.41) is 3.76. The lowest BCUT2D eigenvalue weighted by Crippen LogP contribution is -2.35. The molecule has 46 heavy (non-hydrogen) atoms. The number of esters is 1. The Labute approximate surface area is 268 Å². The first-order valence-electron chi connectivity index (χ1n) is 15.2. The Hall–Kier alpha value is -4.28. The van der Waals surface area contributed by atoms with Crippen molar-refractivity contribution in [3.63, 3.8) is 0 Å². The van der Waals surface area contributed by atoms with Gasteiger partial charge in [-0.05, 0) is 58.4 Å². The molecule has 0 aliphatic rings. The first-order valence-corrected chi connectivity index (χ1v) is 16.7. The lowest BCUT2D eigenvalue weighted by Gasteiger charge is -2.29. The van der Waals surface area contributed by atoms with Gasteiger partial charge in [0.2, 0.25) is 0 Å². The van der Waals surface area contributed by atoms with Crippen LogP contribution in [0.1, 0.15) is 52.0 Å². The first-order chi connectivity index (χ1) is 22.0. The van der Waals surface area contributed by atoms with Crippen molar-refractivity contribution in [3.05, 3.63) is 96.3 Å². The summed E-state index contributed by atoms with van der Waals surface area (Å²) in [6, 6.07) is 24.1. The largest absolute Gasteiger partial charge is 0.460 e. The van der Waals surface area contributed by atoms with Gasteiger partial charge in [-0.25, -0.2) is 19.3 Å². The quantitative estimate of drug-likeness (QED) is 0.102. The van der Waals surface area contributed by atoms with E-state index in [2.05, 4.69) is 10.1 Å². The smallest absolute Gasteiger partial charge is 0.459 e. The van der Waals surface area contributed by atoms with E-state index in [-0.39, 0.29) is 13.2 Å². The topological polar surface area (TPSA) is 140 Å². The number of hydrogen-bond donors (Lipinski definition) is 2. The molecule has 0 amide bonds. The highest BCUT2D eigenvalue weighted by atomic mass is 31.2. The summed E-state index contributed by atoms with van der Waals surface area (Å²) in [6.45, 7) is 9.90. The highest BCUT2D eigenvalue weighted by molar-refractivity contribution is 7.52. The minimum absolute atomic E-state index is 0.207. The Morgan fingerprint density at radius 1 is 0.978 bits per heavy atom. The second kappa shape index (κ2) is 14.0. The molecule has 0 saturated heterocycles. The van der Waals surface area contributed by atoms with Gasteiger partial charge in [0.05, 0.1) is 23.7 Å². The summed E-state index contributed by atoms with van der Waals surface area (Å²) < 4.78 is 40.4. The van der Waals surface area contributed by atoms with Crippen molar-refractivity contribution in [2.75, 3.05) is 12.3 Å². The van der Waals surface area contributed by atoms with Gasteiger partial charge in [0.25, 0.3) is 0 Å². The molecular formula is C34H40N5O6P. The van der Waals surface area contributed by atoms with Crippen LogP contribution in [0.3, 0.4) is 0 Å². The molecule has 5 aromatic rings. The molecule has 2 heterocycles. The number of carbonyl (C=O) groups excluding carboxylic acids is 1. The fourth-order valence-corrected chi connectivity index (χ4v) is 6.73. The van der Waals surface area contributed by atoms with Crippen LogP contribution in [0.4, 0.5) is 5.82 Å². The Balaban J connectivity index is 1.53. The maximum atomic E-state index is 14.7. The van der Waals surface area contributed by atoms with Gasteiger partial charge in [0.1, 0.15) is 35.3 Å². The molecule has 11 nitrogen and oxygen atoms in total. The molecule has 0 aliphatic carbocycles. The van der Waals surface area contributed by atoms with Gasteiger partial charge >= 0.3 is 13.7 Å². The zero-order chi connectivity index (χ0) is 32.9. The minimum Gasteiger partial charge on any atom is -0.459 e. The van der Waals surface area contributed by atoms with Crippen LogP contribution in [-0.2, 0) is 36.5 Å². The lowest BCUT2D eigenvalue weighted by molar-refractivity contribution is -0.157. The van der Waals surface area contributed by atoms with Crippen LogP contribution in [-0.4, -0.2) is 38.8 Å². The van der Waals surface area contributed by atoms with E-state index in [1.165, 1.54) is 0 Å². The van der Waals surface area contributed by atoms with Crippen molar-refractivity contribution in [2.24, 2.45) is 0 Å². The van der Waals surface area contributed by atoms with Crippen LogP contribution >= 0.6 is 7.75 Å². The number of rotatable bonds is 13. The van der Waals surface area contributed by atoms with E-state index in [0.29, 0.717) is 40.6 Å². The number of pyridine rings is 1. The second-order valence-electron chi connectivity index (χ2n) is 11.8. The first kappa shape index (κ1) is 33.1. The average molecular weight is 646 g/mol. The Bertz CT molecular complexity index is 1840. The lowest BCUT2D eigenvalue weighted by atomic mass is 10.1. The van der Waals surface area contributed by atoms with E-state index in [4.69, 9.17) is 29.2 Å². The molecule has 12 heteroatoms. The zero-order valence-electron chi connectivity index (χ0n) is 26.7. The number of para-hydroxylation sites is 2. The summed E-state index contributed by atoms with van der Waals surface area (Å²) in [4.78, 5) is 22.8. The van der Waals surface area contributed by atoms with E-state index in [9.17, 15) is 9.36 Å². The molecule has 0 aliphatic heterocycles. The van der Waals surface area contributed by atoms with Crippen molar-refractivity contribution in [1.29, 1.82) is 0 Å². The minimum atomic E-state index is -4.26. The molecular weight excluding hydrogens is 605 g/mol. The third-order valence-electron chi connectivity index (χ3n) is 6.91. The number of nitrogens with zero attached hydrogens (tertiary/aromatic N) is 3. The maximum Gasteiger partial charge on any atom is 0.460 e. The predicted molar refractivity (Wildman–Crippen MR) is 178 cm³/mol. The molecule has 0 bridgehead atoms. The molecule has 2 aromatic heterocycles. The summed E-state index contributed by atoms with van der Waals surface area (Å²) in [5.74, 6) is 0.582. The van der Waals surface area contributed by atoms with Crippen LogP contribution in [0.25, 0.3) is 21.9 Å². The third-order valence-corrected chi connectivity index (χ3v) is 8.58. The van der Waals surface area contributed by atoms with Crippen molar-refractivity contribution in [2.45, 2.75) is 65.5 Å². The second-order valence-corrected chi connectivity index (χ2v) is 13.5. The monoisotopic (exact) mass is 645 g/mol. The van der Waals surface area contributed by atoms with Gasteiger partial charge in [-0.3, -0.25) is 4.52 Å². The van der Waals surface area contributed by atoms with Crippen LogP contribution < -0.4 is 15.3 Å². The molecule has 3 aromatic carbocycles. The molecule has 0 saturated carbocycles. The van der Waals surface area contributed by atoms with Gasteiger partial charge in [-0.1, -0.05) is 66.7 Å². The van der Waals surface area contributed by atoms with Gasteiger partial charge in [0, 0.05) is 12.0 Å². The predicted octanol–water partition coefficient (Wildman–Crippen LogP) is 6.97. The molecule has 1 unspecified atom stereocenters. The van der Waals surface area contributed by atoms with Crippen LogP contribution in [0.2, 0.25) is 0 Å². The van der Waals surface area contributed by atoms with E-state index in [1.54, 1.807) is 76.2 Å². The van der Waals surface area contributed by atoms with Gasteiger partial charge in [-0.2, -0.15) is 5.09 Å². The van der Waals surface area contributed by atoms with Crippen molar-refractivity contribution in [3.8, 4) is 5.75 Å². The highest BCUT2D eigenvalue weighted by Gasteiger charge is 2.38. The summed E-state index contributed by atoms with van der Waals surface area (Å²) in [5.41, 5.74) is 8.12. The van der Waals surface area contributed by atoms with Crippen molar-refractivity contribution < 1.29 is 27.9 Å². The Morgan fingerprint density at radius 2 is 1.63 bits per heavy atom. The molecule has 3 atom stereocenters. The summed E-state index contributed by atoms with van der Waals surface area (Å²) >= 11 is 0. The normalized spacial score (nSPS) is 14.5. The molecule has 0 radical (unpaired) electrons. The maximum absolute atomic E-state index is 14.7. The molecule has 5 rings (SSSR count). The van der Waals surface area contributed by atoms with E-state index in [0.717, 1.165) is 10.9 Å². The number of nitrogen functional groups attached to an aromatic ring is 1. The molecule has 0 fully saturated rings. The number of carbonyl (C=O) groups is 1. The fraction of sp³-hybridized carbons (Fsp3) is 0.324. The Morgan fingerprint density at radius 3 is 2.30 bits per heavy atom. The number of nitrogens with one attached hydrogen (secondary N) is 1. The van der Waals surface area contributed by atoms with Crippen molar-refractivity contribution in [1.82, 2.24) is 19.6 Å². The number of ether oxygens (including phenoxy) is 2. The number of nitrogens with two attached hydrogens (primary N) is 1. The third kappa shape index (κ3) is 7.92. The molecule has 242 valence electrons. The Kier molecular flexibility index (Phi) is 10.1. The van der Waals surface area contributed by atoms with E-state index in [1.807, 2.05) is 47.9 Å². The van der Waals surface area contributed by atoms with Crippen LogP contribution in [0.5, 0.6) is 5.75 Å².